The van der Waals surface area contributed by atoms with Gasteiger partial charge in [0, 0.05) is 12.2 Å². The van der Waals surface area contributed by atoms with Gasteiger partial charge in [-0.1, -0.05) is 31.2 Å². The Kier molecular flexibility index (Phi) is 7.75. The second-order valence-electron chi connectivity index (χ2n) is 6.66. The fraction of sp³-hybridized carbons (Fsp3) is 0.250. The molecule has 29 heavy (non-hydrogen) atoms. The van der Waals surface area contributed by atoms with Crippen LogP contribution in [0, 0.1) is 9.39 Å². The maximum atomic E-state index is 13.1. The summed E-state index contributed by atoms with van der Waals surface area (Å²) in [5.41, 5.74) is 4.44. The van der Waals surface area contributed by atoms with Crippen LogP contribution in [0.3, 0.4) is 0 Å². The predicted octanol–water partition coefficient (Wildman–Crippen LogP) is 6.58. The minimum absolute atomic E-state index is 0.250. The van der Waals surface area contributed by atoms with E-state index in [1.807, 2.05) is 13.0 Å². The first kappa shape index (κ1) is 21.4. The topological polar surface area (TPSA) is 30.5 Å². The third kappa shape index (κ3) is 6.10. The summed E-state index contributed by atoms with van der Waals surface area (Å²) in [4.78, 5) is 0. The number of rotatable bonds is 9. The minimum Gasteiger partial charge on any atom is -0.490 e. The van der Waals surface area contributed by atoms with Gasteiger partial charge in [0.1, 0.15) is 12.4 Å². The molecule has 3 nitrogen and oxygen atoms in total. The van der Waals surface area contributed by atoms with E-state index in [0.717, 1.165) is 32.6 Å². The highest BCUT2D eigenvalue weighted by Crippen LogP contribution is 2.35. The van der Waals surface area contributed by atoms with E-state index in [-0.39, 0.29) is 5.82 Å². The Bertz CT molecular complexity index is 927. The van der Waals surface area contributed by atoms with Crippen LogP contribution in [0.2, 0.25) is 0 Å². The molecule has 0 amide bonds. The van der Waals surface area contributed by atoms with Crippen molar-refractivity contribution in [1.82, 2.24) is 0 Å². The maximum Gasteiger partial charge on any atom is 0.174 e. The highest BCUT2D eigenvalue weighted by atomic mass is 127. The average Bonchev–Trinajstić information content (AvgIpc) is 2.73. The van der Waals surface area contributed by atoms with Crippen molar-refractivity contribution in [2.24, 2.45) is 0 Å². The van der Waals surface area contributed by atoms with E-state index < -0.39 is 0 Å². The van der Waals surface area contributed by atoms with Crippen LogP contribution < -0.4 is 14.8 Å². The second-order valence-corrected chi connectivity index (χ2v) is 7.82. The summed E-state index contributed by atoms with van der Waals surface area (Å²) in [6.45, 7) is 5.71. The van der Waals surface area contributed by atoms with Crippen LogP contribution in [-0.4, -0.2) is 6.61 Å². The van der Waals surface area contributed by atoms with E-state index in [2.05, 4.69) is 65.2 Å². The van der Waals surface area contributed by atoms with Crippen molar-refractivity contribution in [3.63, 3.8) is 0 Å². The molecule has 0 heterocycles. The van der Waals surface area contributed by atoms with Crippen LogP contribution in [0.4, 0.5) is 10.1 Å². The average molecular weight is 505 g/mol. The molecule has 0 spiro atoms. The molecular weight excluding hydrogens is 480 g/mol. The summed E-state index contributed by atoms with van der Waals surface area (Å²) < 4.78 is 25.9. The molecule has 0 aromatic heterocycles. The molecule has 0 saturated carbocycles. The third-order valence-electron chi connectivity index (χ3n) is 4.52. The van der Waals surface area contributed by atoms with E-state index >= 15 is 0 Å². The molecule has 0 aliphatic rings. The Labute approximate surface area is 185 Å². The van der Waals surface area contributed by atoms with Gasteiger partial charge >= 0.3 is 0 Å². The molecule has 0 bridgehead atoms. The van der Waals surface area contributed by atoms with Crippen LogP contribution >= 0.6 is 22.6 Å². The van der Waals surface area contributed by atoms with Gasteiger partial charge in [-0.3, -0.25) is 0 Å². The van der Waals surface area contributed by atoms with Gasteiger partial charge in [0.05, 0.1) is 10.2 Å². The summed E-state index contributed by atoms with van der Waals surface area (Å²) in [6, 6.07) is 18.9. The van der Waals surface area contributed by atoms with E-state index in [0.29, 0.717) is 25.5 Å². The highest BCUT2D eigenvalue weighted by Gasteiger charge is 2.13. The number of halogens is 2. The summed E-state index contributed by atoms with van der Waals surface area (Å²) in [5, 5.41) is 3.46. The lowest BCUT2D eigenvalue weighted by Crippen LogP contribution is -2.05. The molecule has 0 atom stereocenters. The van der Waals surface area contributed by atoms with Crippen molar-refractivity contribution in [2.45, 2.75) is 33.4 Å². The first-order chi connectivity index (χ1) is 14.1. The van der Waals surface area contributed by atoms with Gasteiger partial charge in [-0.25, -0.2) is 4.39 Å². The van der Waals surface area contributed by atoms with Crippen LogP contribution in [0.25, 0.3) is 0 Å². The maximum absolute atomic E-state index is 13.1. The Hall–Kier alpha value is -2.28. The predicted molar refractivity (Wildman–Crippen MR) is 124 cm³/mol. The van der Waals surface area contributed by atoms with Crippen LogP contribution in [0.15, 0.2) is 60.7 Å². The highest BCUT2D eigenvalue weighted by molar-refractivity contribution is 14.1. The van der Waals surface area contributed by atoms with E-state index in [9.17, 15) is 4.39 Å². The van der Waals surface area contributed by atoms with Crippen LogP contribution in [-0.2, 0) is 19.6 Å². The number of nitrogens with one attached hydrogen (secondary N) is 1. The zero-order valence-electron chi connectivity index (χ0n) is 16.7. The van der Waals surface area contributed by atoms with Crippen molar-refractivity contribution >= 4 is 28.3 Å². The molecule has 3 aromatic carbocycles. The number of aryl methyl sites for hydroxylation is 1. The normalized spacial score (nSPS) is 10.6. The molecule has 5 heteroatoms. The molecule has 152 valence electrons. The molecule has 0 fully saturated rings. The number of hydrogen-bond donors (Lipinski definition) is 1. The van der Waals surface area contributed by atoms with E-state index in [1.54, 1.807) is 12.1 Å². The lowest BCUT2D eigenvalue weighted by molar-refractivity contribution is 0.267. The third-order valence-corrected chi connectivity index (χ3v) is 5.33. The zero-order chi connectivity index (χ0) is 20.6. The van der Waals surface area contributed by atoms with Gasteiger partial charge in [0.15, 0.2) is 11.5 Å². The monoisotopic (exact) mass is 505 g/mol. The summed E-state index contributed by atoms with van der Waals surface area (Å²) >= 11 is 2.27. The SMILES string of the molecule is CCOc1cc(CNc2ccc(CC)cc2)cc(I)c1OCc1ccc(F)cc1. The molecule has 3 aromatic rings. The second kappa shape index (κ2) is 10.5. The largest absolute Gasteiger partial charge is 0.490 e. The molecule has 1 N–H and O–H groups in total. The zero-order valence-corrected chi connectivity index (χ0v) is 18.8. The van der Waals surface area contributed by atoms with Crippen molar-refractivity contribution in [1.29, 1.82) is 0 Å². The fourth-order valence-electron chi connectivity index (χ4n) is 2.93. The first-order valence-corrected chi connectivity index (χ1v) is 10.8. The van der Waals surface area contributed by atoms with Crippen LogP contribution in [0.1, 0.15) is 30.5 Å². The van der Waals surface area contributed by atoms with Crippen molar-refractivity contribution in [3.05, 3.63) is 86.7 Å². The number of hydrogen-bond acceptors (Lipinski definition) is 3. The molecular formula is C24H25FINO2. The van der Waals surface area contributed by atoms with Crippen LogP contribution in [0.5, 0.6) is 11.5 Å². The molecule has 0 unspecified atom stereocenters. The van der Waals surface area contributed by atoms with Gasteiger partial charge in [-0.2, -0.15) is 0 Å². The molecule has 0 saturated heterocycles. The fourth-order valence-corrected chi connectivity index (χ4v) is 3.75. The summed E-state index contributed by atoms with van der Waals surface area (Å²) in [6.07, 6.45) is 1.04. The Balaban J connectivity index is 1.71. The Morgan fingerprint density at radius 1 is 0.862 bits per heavy atom. The van der Waals surface area contributed by atoms with Crippen molar-refractivity contribution in [3.8, 4) is 11.5 Å². The quantitative estimate of drug-likeness (QED) is 0.333. The molecule has 0 aliphatic carbocycles. The molecule has 0 radical (unpaired) electrons. The number of benzene rings is 3. The van der Waals surface area contributed by atoms with Crippen molar-refractivity contribution < 1.29 is 13.9 Å². The molecule has 3 rings (SSSR count). The standard InChI is InChI=1S/C24H25FINO2/c1-3-17-7-11-21(12-8-17)27-15-19-13-22(26)24(23(14-19)28-4-2)29-16-18-5-9-20(25)10-6-18/h5-14,27H,3-4,15-16H2,1-2H3. The minimum atomic E-state index is -0.250. The van der Waals surface area contributed by atoms with Gasteiger partial charge in [-0.15, -0.1) is 0 Å². The van der Waals surface area contributed by atoms with E-state index in [1.165, 1.54) is 17.7 Å². The van der Waals surface area contributed by atoms with Gasteiger partial charge in [-0.05, 0) is 89.0 Å². The summed E-state index contributed by atoms with van der Waals surface area (Å²) in [5.74, 6) is 1.19. The molecule has 0 aliphatic heterocycles. The number of anilines is 1. The number of ether oxygens (including phenoxy) is 2. The lowest BCUT2D eigenvalue weighted by atomic mass is 10.1. The Morgan fingerprint density at radius 3 is 2.21 bits per heavy atom. The smallest absolute Gasteiger partial charge is 0.174 e. The first-order valence-electron chi connectivity index (χ1n) is 9.74. The van der Waals surface area contributed by atoms with Crippen molar-refractivity contribution in [2.75, 3.05) is 11.9 Å². The lowest BCUT2D eigenvalue weighted by Gasteiger charge is -2.16. The summed E-state index contributed by atoms with van der Waals surface area (Å²) in [7, 11) is 0. The Morgan fingerprint density at radius 2 is 1.55 bits per heavy atom. The van der Waals surface area contributed by atoms with Gasteiger partial charge in [0.2, 0.25) is 0 Å². The van der Waals surface area contributed by atoms with Gasteiger partial charge in [0.25, 0.3) is 0 Å². The van der Waals surface area contributed by atoms with Gasteiger partial charge < -0.3 is 14.8 Å². The van der Waals surface area contributed by atoms with E-state index in [4.69, 9.17) is 9.47 Å².